The van der Waals surface area contributed by atoms with Gasteiger partial charge in [0.25, 0.3) is 15.9 Å². The summed E-state index contributed by atoms with van der Waals surface area (Å²) in [5, 5.41) is 3.03. The molecule has 1 fully saturated rings. The second kappa shape index (κ2) is 9.18. The molecule has 0 atom stereocenters. The van der Waals surface area contributed by atoms with Crippen molar-refractivity contribution in [3.05, 3.63) is 78.5 Å². The van der Waals surface area contributed by atoms with Crippen LogP contribution in [0.5, 0.6) is 11.6 Å². The third-order valence-electron chi connectivity index (χ3n) is 5.07. The molecule has 1 amide bonds. The summed E-state index contributed by atoms with van der Waals surface area (Å²) in [6, 6.07) is 18.2. The van der Waals surface area contributed by atoms with Crippen LogP contribution in [0.2, 0.25) is 0 Å². The van der Waals surface area contributed by atoms with Gasteiger partial charge in [0.2, 0.25) is 5.88 Å². The summed E-state index contributed by atoms with van der Waals surface area (Å²) in [6.45, 7) is 0. The van der Waals surface area contributed by atoms with Crippen LogP contribution in [0.4, 0.5) is 5.69 Å². The Kier molecular flexibility index (Phi) is 6.18. The molecule has 1 aliphatic carbocycles. The van der Waals surface area contributed by atoms with Crippen LogP contribution in [0.1, 0.15) is 36.0 Å². The smallest absolute Gasteiger partial charge is 0.261 e. The van der Waals surface area contributed by atoms with E-state index in [0.29, 0.717) is 22.9 Å². The van der Waals surface area contributed by atoms with Crippen molar-refractivity contribution in [2.24, 2.45) is 0 Å². The molecule has 2 N–H and O–H groups in total. The number of pyridine rings is 1. The van der Waals surface area contributed by atoms with Crippen molar-refractivity contribution in [3.63, 3.8) is 0 Å². The van der Waals surface area contributed by atoms with Crippen LogP contribution >= 0.6 is 0 Å². The van der Waals surface area contributed by atoms with Gasteiger partial charge in [0.05, 0.1) is 10.5 Å². The average Bonchev–Trinajstić information content (AvgIpc) is 3.29. The first-order valence-electron chi connectivity index (χ1n) is 10.1. The van der Waals surface area contributed by atoms with E-state index in [-0.39, 0.29) is 16.8 Å². The predicted molar refractivity (Wildman–Crippen MR) is 118 cm³/mol. The molecule has 0 spiro atoms. The molecule has 31 heavy (non-hydrogen) atoms. The molecule has 160 valence electrons. The number of ether oxygens (including phenoxy) is 1. The highest BCUT2D eigenvalue weighted by Crippen LogP contribution is 2.23. The molecule has 1 aliphatic rings. The molecule has 2 aromatic carbocycles. The van der Waals surface area contributed by atoms with E-state index in [1.165, 1.54) is 18.3 Å². The number of hydrogen-bond donors (Lipinski definition) is 2. The summed E-state index contributed by atoms with van der Waals surface area (Å²) in [4.78, 5) is 16.7. The van der Waals surface area contributed by atoms with Crippen LogP contribution in [-0.4, -0.2) is 25.4 Å². The maximum atomic E-state index is 12.4. The van der Waals surface area contributed by atoms with Crippen LogP contribution in [-0.2, 0) is 10.0 Å². The van der Waals surface area contributed by atoms with Gasteiger partial charge < -0.3 is 10.1 Å². The summed E-state index contributed by atoms with van der Waals surface area (Å²) in [5.41, 5.74) is 0.910. The Morgan fingerprint density at radius 2 is 1.65 bits per heavy atom. The number of nitrogens with zero attached hydrogens (tertiary/aromatic N) is 1. The molecule has 0 bridgehead atoms. The number of sulfonamides is 1. The summed E-state index contributed by atoms with van der Waals surface area (Å²) in [7, 11) is -3.65. The summed E-state index contributed by atoms with van der Waals surface area (Å²) < 4.78 is 33.0. The van der Waals surface area contributed by atoms with Gasteiger partial charge in [-0.3, -0.25) is 9.52 Å². The fourth-order valence-electron chi connectivity index (χ4n) is 3.44. The molecule has 1 aromatic heterocycles. The molecule has 3 aromatic rings. The predicted octanol–water partition coefficient (Wildman–Crippen LogP) is 4.35. The Labute approximate surface area is 181 Å². The van der Waals surface area contributed by atoms with Crippen LogP contribution in [0, 0.1) is 0 Å². The topological polar surface area (TPSA) is 97.4 Å². The number of amides is 1. The number of carbonyl (C=O) groups excluding carboxylic acids is 1. The number of benzene rings is 2. The summed E-state index contributed by atoms with van der Waals surface area (Å²) in [6.07, 6.45) is 5.85. The van der Waals surface area contributed by atoms with Gasteiger partial charge in [0, 0.05) is 24.0 Å². The van der Waals surface area contributed by atoms with Gasteiger partial charge in [-0.15, -0.1) is 0 Å². The van der Waals surface area contributed by atoms with Gasteiger partial charge in [-0.05, 0) is 55.3 Å². The number of rotatable bonds is 7. The van der Waals surface area contributed by atoms with Crippen molar-refractivity contribution in [2.45, 2.75) is 36.6 Å². The van der Waals surface area contributed by atoms with Gasteiger partial charge in [-0.25, -0.2) is 13.4 Å². The van der Waals surface area contributed by atoms with Crippen molar-refractivity contribution >= 4 is 21.6 Å². The van der Waals surface area contributed by atoms with E-state index in [9.17, 15) is 13.2 Å². The molecule has 1 heterocycles. The first kappa shape index (κ1) is 20.9. The van der Waals surface area contributed by atoms with Crippen LogP contribution in [0.25, 0.3) is 0 Å². The largest absolute Gasteiger partial charge is 0.439 e. The SMILES string of the molecule is O=C(NC1CCCC1)c1ccc(Oc2ccc(NS(=O)(=O)c3ccccc3)cc2)nc1. The molecule has 8 heteroatoms. The normalized spacial score (nSPS) is 14.2. The van der Waals surface area contributed by atoms with E-state index < -0.39 is 10.0 Å². The third-order valence-corrected chi connectivity index (χ3v) is 6.47. The van der Waals surface area contributed by atoms with E-state index in [0.717, 1.165) is 25.7 Å². The highest BCUT2D eigenvalue weighted by Gasteiger charge is 2.18. The number of carbonyl (C=O) groups is 1. The number of anilines is 1. The number of aromatic nitrogens is 1. The summed E-state index contributed by atoms with van der Waals surface area (Å²) >= 11 is 0. The Balaban J connectivity index is 1.36. The number of nitrogens with one attached hydrogen (secondary N) is 2. The minimum absolute atomic E-state index is 0.124. The van der Waals surface area contributed by atoms with Crippen molar-refractivity contribution in [1.82, 2.24) is 10.3 Å². The first-order valence-corrected chi connectivity index (χ1v) is 11.6. The zero-order valence-corrected chi connectivity index (χ0v) is 17.6. The lowest BCUT2D eigenvalue weighted by Crippen LogP contribution is -2.32. The fraction of sp³-hybridized carbons (Fsp3) is 0.217. The van der Waals surface area contributed by atoms with Crippen LogP contribution < -0.4 is 14.8 Å². The van der Waals surface area contributed by atoms with Crippen LogP contribution in [0.3, 0.4) is 0 Å². The second-order valence-corrected chi connectivity index (χ2v) is 9.07. The Bertz CT molecular complexity index is 1130. The van der Waals surface area contributed by atoms with E-state index in [1.54, 1.807) is 54.6 Å². The second-order valence-electron chi connectivity index (χ2n) is 7.38. The molecular formula is C23H23N3O4S. The zero-order valence-electron chi connectivity index (χ0n) is 16.8. The first-order chi connectivity index (χ1) is 15.0. The lowest BCUT2D eigenvalue weighted by atomic mass is 10.2. The molecular weight excluding hydrogens is 414 g/mol. The van der Waals surface area contributed by atoms with Crippen molar-refractivity contribution < 1.29 is 17.9 Å². The highest BCUT2D eigenvalue weighted by atomic mass is 32.2. The van der Waals surface area contributed by atoms with E-state index in [4.69, 9.17) is 4.74 Å². The van der Waals surface area contributed by atoms with Gasteiger partial charge in [-0.2, -0.15) is 0 Å². The molecule has 1 saturated carbocycles. The maximum absolute atomic E-state index is 12.4. The lowest BCUT2D eigenvalue weighted by molar-refractivity contribution is 0.0937. The quantitative estimate of drug-likeness (QED) is 0.573. The maximum Gasteiger partial charge on any atom is 0.261 e. The minimum atomic E-state index is -3.65. The van der Waals surface area contributed by atoms with Gasteiger partial charge in [0.15, 0.2) is 0 Å². The van der Waals surface area contributed by atoms with Gasteiger partial charge in [0.1, 0.15) is 5.75 Å². The average molecular weight is 438 g/mol. The van der Waals surface area contributed by atoms with Gasteiger partial charge in [-0.1, -0.05) is 31.0 Å². The molecule has 4 rings (SSSR count). The zero-order chi connectivity index (χ0) is 21.7. The van der Waals surface area contributed by atoms with Crippen molar-refractivity contribution in [1.29, 1.82) is 0 Å². The molecule has 7 nitrogen and oxygen atoms in total. The monoisotopic (exact) mass is 437 g/mol. The Morgan fingerprint density at radius 1 is 0.935 bits per heavy atom. The van der Waals surface area contributed by atoms with Gasteiger partial charge >= 0.3 is 0 Å². The molecule has 0 aliphatic heterocycles. The minimum Gasteiger partial charge on any atom is -0.439 e. The number of hydrogen-bond acceptors (Lipinski definition) is 5. The fourth-order valence-corrected chi connectivity index (χ4v) is 4.52. The summed E-state index contributed by atoms with van der Waals surface area (Å²) in [5.74, 6) is 0.717. The Hall–Kier alpha value is -3.39. The molecule has 0 radical (unpaired) electrons. The third kappa shape index (κ3) is 5.40. The van der Waals surface area contributed by atoms with Crippen LogP contribution in [0.15, 0.2) is 77.8 Å². The van der Waals surface area contributed by atoms with E-state index >= 15 is 0 Å². The molecule has 0 unspecified atom stereocenters. The van der Waals surface area contributed by atoms with E-state index in [2.05, 4.69) is 15.0 Å². The standard InChI is InChI=1S/C23H23N3O4S/c27-23(25-18-6-4-5-7-18)17-10-15-22(24-16-17)30-20-13-11-19(12-14-20)26-31(28,29)21-8-2-1-3-9-21/h1-3,8-16,18,26H,4-7H2,(H,25,27). The highest BCUT2D eigenvalue weighted by molar-refractivity contribution is 7.92. The van der Waals surface area contributed by atoms with E-state index in [1.807, 2.05) is 0 Å². The van der Waals surface area contributed by atoms with Crippen molar-refractivity contribution in [3.8, 4) is 11.6 Å². The molecule has 0 saturated heterocycles. The lowest BCUT2D eigenvalue weighted by Gasteiger charge is -2.12. The van der Waals surface area contributed by atoms with Crippen molar-refractivity contribution in [2.75, 3.05) is 4.72 Å². The Morgan fingerprint density at radius 3 is 2.29 bits per heavy atom.